The van der Waals surface area contributed by atoms with Crippen LogP contribution in [0.4, 0.5) is 5.69 Å². The van der Waals surface area contributed by atoms with Crippen molar-refractivity contribution in [2.45, 2.75) is 13.2 Å². The Morgan fingerprint density at radius 2 is 2.25 bits per heavy atom. The highest BCUT2D eigenvalue weighted by atomic mass is 79.9. The number of nitrogens with one attached hydrogen (secondary N) is 1. The van der Waals surface area contributed by atoms with Gasteiger partial charge in [-0.25, -0.2) is 0 Å². The molecular weight excluding hydrogens is 344 g/mol. The molecule has 0 saturated heterocycles. The van der Waals surface area contributed by atoms with Gasteiger partial charge in [0.2, 0.25) is 0 Å². The first kappa shape index (κ1) is 15.0. The van der Waals surface area contributed by atoms with Crippen LogP contribution in [-0.4, -0.2) is 12.0 Å². The lowest BCUT2D eigenvalue weighted by Crippen LogP contribution is -2.06. The third-order valence-corrected chi connectivity index (χ3v) is 4.55. The van der Waals surface area contributed by atoms with Crippen LogP contribution < -0.4 is 10.1 Å². The van der Waals surface area contributed by atoms with Crippen molar-refractivity contribution < 1.29 is 9.66 Å². The lowest BCUT2D eigenvalue weighted by atomic mass is 10.2. The Balaban J connectivity index is 2.21. The largest absolute Gasteiger partial charge is 0.481 e. The molecule has 7 heteroatoms. The second-order valence-corrected chi connectivity index (χ2v) is 5.92. The predicted molar refractivity (Wildman–Crippen MR) is 82.2 cm³/mol. The second kappa shape index (κ2) is 6.83. The van der Waals surface area contributed by atoms with Crippen molar-refractivity contribution in [3.63, 3.8) is 0 Å². The molecule has 0 aliphatic carbocycles. The highest BCUT2D eigenvalue weighted by Gasteiger charge is 2.16. The molecule has 0 aliphatic rings. The van der Waals surface area contributed by atoms with Gasteiger partial charge in [0.1, 0.15) is 6.61 Å². The highest BCUT2D eigenvalue weighted by Crippen LogP contribution is 2.30. The summed E-state index contributed by atoms with van der Waals surface area (Å²) in [7, 11) is 1.82. The molecule has 5 nitrogen and oxygen atoms in total. The van der Waals surface area contributed by atoms with Crippen LogP contribution in [0.15, 0.2) is 34.1 Å². The van der Waals surface area contributed by atoms with Gasteiger partial charge in [0.05, 0.1) is 9.80 Å². The second-order valence-electron chi connectivity index (χ2n) is 4.07. The third kappa shape index (κ3) is 3.56. The molecule has 1 heterocycles. The van der Waals surface area contributed by atoms with Crippen molar-refractivity contribution in [2.75, 3.05) is 7.05 Å². The number of nitrogens with zero attached hydrogens (tertiary/aromatic N) is 1. The van der Waals surface area contributed by atoms with Gasteiger partial charge in [-0.3, -0.25) is 10.1 Å². The van der Waals surface area contributed by atoms with E-state index in [-0.39, 0.29) is 5.69 Å². The molecule has 0 amide bonds. The fraction of sp³-hybridized carbons (Fsp3) is 0.231. The summed E-state index contributed by atoms with van der Waals surface area (Å²) in [5.74, 6) is 0.294. The van der Waals surface area contributed by atoms with E-state index in [1.54, 1.807) is 23.5 Å². The maximum absolute atomic E-state index is 11.0. The van der Waals surface area contributed by atoms with Crippen molar-refractivity contribution in [1.82, 2.24) is 5.32 Å². The van der Waals surface area contributed by atoms with Gasteiger partial charge >= 0.3 is 5.69 Å². The van der Waals surface area contributed by atoms with E-state index in [0.717, 1.165) is 14.9 Å². The van der Waals surface area contributed by atoms with E-state index in [1.165, 1.54) is 6.07 Å². The number of benzene rings is 1. The van der Waals surface area contributed by atoms with Crippen molar-refractivity contribution in [3.8, 4) is 5.75 Å². The molecule has 0 atom stereocenters. The first-order valence-corrected chi connectivity index (χ1v) is 7.55. The van der Waals surface area contributed by atoms with Crippen LogP contribution in [0, 0.1) is 10.1 Å². The van der Waals surface area contributed by atoms with E-state index in [2.05, 4.69) is 21.2 Å². The van der Waals surface area contributed by atoms with Crippen LogP contribution in [-0.2, 0) is 13.2 Å². The number of nitro benzene ring substituents is 1. The molecule has 1 aromatic carbocycles. The number of rotatable bonds is 6. The summed E-state index contributed by atoms with van der Waals surface area (Å²) in [4.78, 5) is 11.6. The number of thiophene rings is 1. The van der Waals surface area contributed by atoms with Gasteiger partial charge in [0.15, 0.2) is 5.75 Å². The van der Waals surface area contributed by atoms with Gasteiger partial charge in [0.25, 0.3) is 0 Å². The SMILES string of the molecule is CNCc1ccc([N+](=O)[O-])c(OCc2sccc2Br)c1. The molecule has 106 valence electrons. The number of hydrogen-bond donors (Lipinski definition) is 1. The fourth-order valence-electron chi connectivity index (χ4n) is 1.71. The van der Waals surface area contributed by atoms with E-state index in [4.69, 9.17) is 4.74 Å². The topological polar surface area (TPSA) is 64.4 Å². The third-order valence-electron chi connectivity index (χ3n) is 2.65. The molecule has 2 aromatic rings. The zero-order valence-corrected chi connectivity index (χ0v) is 13.2. The number of ether oxygens (including phenoxy) is 1. The summed E-state index contributed by atoms with van der Waals surface area (Å²) in [5.41, 5.74) is 0.927. The van der Waals surface area contributed by atoms with Crippen LogP contribution in [0.25, 0.3) is 0 Å². The zero-order chi connectivity index (χ0) is 14.5. The molecule has 1 N–H and O–H groups in total. The van der Waals surface area contributed by atoms with Crippen LogP contribution in [0.5, 0.6) is 5.75 Å². The smallest absolute Gasteiger partial charge is 0.310 e. The maximum atomic E-state index is 11.0. The van der Waals surface area contributed by atoms with Crippen molar-refractivity contribution in [2.24, 2.45) is 0 Å². The standard InChI is InChI=1S/C13H13BrN2O3S/c1-15-7-9-2-3-11(16(17)18)12(6-9)19-8-13-10(14)4-5-20-13/h2-6,15H,7-8H2,1H3. The minimum absolute atomic E-state index is 0.0162. The van der Waals surface area contributed by atoms with E-state index in [1.807, 2.05) is 18.5 Å². The van der Waals surface area contributed by atoms with Crippen LogP contribution >= 0.6 is 27.3 Å². The first-order chi connectivity index (χ1) is 9.61. The van der Waals surface area contributed by atoms with E-state index >= 15 is 0 Å². The molecule has 0 fully saturated rings. The average molecular weight is 357 g/mol. The normalized spacial score (nSPS) is 10.5. The molecule has 0 aliphatic heterocycles. The number of nitro groups is 1. The molecule has 0 saturated carbocycles. The fourth-order valence-corrected chi connectivity index (χ4v) is 3.09. The molecule has 0 bridgehead atoms. The first-order valence-electron chi connectivity index (χ1n) is 5.88. The molecule has 0 spiro atoms. The molecule has 2 rings (SSSR count). The van der Waals surface area contributed by atoms with Gasteiger partial charge < -0.3 is 10.1 Å². The maximum Gasteiger partial charge on any atom is 0.310 e. The van der Waals surface area contributed by atoms with Gasteiger partial charge in [-0.1, -0.05) is 6.07 Å². The average Bonchev–Trinajstić information content (AvgIpc) is 2.82. The van der Waals surface area contributed by atoms with Crippen LogP contribution in [0.3, 0.4) is 0 Å². The molecule has 0 radical (unpaired) electrons. The molecule has 20 heavy (non-hydrogen) atoms. The van der Waals surface area contributed by atoms with Crippen LogP contribution in [0.2, 0.25) is 0 Å². The predicted octanol–water partition coefficient (Wildman–Crippen LogP) is 3.72. The summed E-state index contributed by atoms with van der Waals surface area (Å²) in [6.07, 6.45) is 0. The lowest BCUT2D eigenvalue weighted by molar-refractivity contribution is -0.386. The van der Waals surface area contributed by atoms with Gasteiger partial charge in [-0.15, -0.1) is 11.3 Å². The number of halogens is 1. The number of hydrogen-bond acceptors (Lipinski definition) is 5. The van der Waals surface area contributed by atoms with E-state index in [0.29, 0.717) is 18.9 Å². The van der Waals surface area contributed by atoms with Gasteiger partial charge in [-0.05, 0) is 46.1 Å². The Morgan fingerprint density at radius 3 is 2.85 bits per heavy atom. The summed E-state index contributed by atoms with van der Waals surface area (Å²) in [5, 5.41) is 16.0. The van der Waals surface area contributed by atoms with Crippen molar-refractivity contribution in [1.29, 1.82) is 0 Å². The van der Waals surface area contributed by atoms with E-state index in [9.17, 15) is 10.1 Å². The Kier molecular flexibility index (Phi) is 5.11. The minimum Gasteiger partial charge on any atom is -0.481 e. The molecule has 1 aromatic heterocycles. The van der Waals surface area contributed by atoms with Gasteiger partial charge in [-0.2, -0.15) is 0 Å². The van der Waals surface area contributed by atoms with Crippen LogP contribution in [0.1, 0.15) is 10.4 Å². The Hall–Kier alpha value is -1.44. The lowest BCUT2D eigenvalue weighted by Gasteiger charge is -2.08. The Morgan fingerprint density at radius 1 is 1.45 bits per heavy atom. The summed E-state index contributed by atoms with van der Waals surface area (Å²) in [6, 6.07) is 6.83. The Bertz CT molecular complexity index is 615. The van der Waals surface area contributed by atoms with E-state index < -0.39 is 4.92 Å². The van der Waals surface area contributed by atoms with Crippen molar-refractivity contribution >= 4 is 33.0 Å². The van der Waals surface area contributed by atoms with Crippen molar-refractivity contribution in [3.05, 3.63) is 54.7 Å². The summed E-state index contributed by atoms with van der Waals surface area (Å²) < 4.78 is 6.58. The zero-order valence-electron chi connectivity index (χ0n) is 10.8. The highest BCUT2D eigenvalue weighted by molar-refractivity contribution is 9.10. The Labute approximate surface area is 128 Å². The molecule has 0 unspecified atom stereocenters. The minimum atomic E-state index is -0.429. The summed E-state index contributed by atoms with van der Waals surface area (Å²) in [6.45, 7) is 0.944. The monoisotopic (exact) mass is 356 g/mol. The van der Waals surface area contributed by atoms with Gasteiger partial charge in [0, 0.05) is 17.1 Å². The summed E-state index contributed by atoms with van der Waals surface area (Å²) >= 11 is 4.96. The quantitative estimate of drug-likeness (QED) is 0.632. The molecular formula is C13H13BrN2O3S.